The molecule has 0 aliphatic rings. The number of anilines is 1. The van der Waals surface area contributed by atoms with Crippen LogP contribution in [0.5, 0.6) is 5.75 Å². The standard InChI is InChI=1S/C29H20N6O10S3/c30-22-13-20-16(10-26(22)47(40,41)42)11-27(48(43,44)45)28(29(20)36)35-34-25-8-7-24(19-6-5-18(12-21(19)25)46(37,38)39)33-32-17-9-15-3-1-2-4-23(15)31-14-17/h1-14,36H,30H2,(H,37,38,39)(H,40,41,42)(H,43,44,45). The number of nitrogens with two attached hydrogens (primary N) is 1. The van der Waals surface area contributed by atoms with Crippen LogP contribution in [0.3, 0.4) is 0 Å². The van der Waals surface area contributed by atoms with E-state index in [2.05, 4.69) is 25.4 Å². The fourth-order valence-corrected chi connectivity index (χ4v) is 6.67. The first kappa shape index (κ1) is 32.5. The summed E-state index contributed by atoms with van der Waals surface area (Å²) in [4.78, 5) is 2.05. The van der Waals surface area contributed by atoms with Crippen LogP contribution in [0.15, 0.2) is 120 Å². The van der Waals surface area contributed by atoms with Crippen LogP contribution in [0.25, 0.3) is 32.4 Å². The van der Waals surface area contributed by atoms with E-state index >= 15 is 0 Å². The molecule has 6 rings (SSSR count). The van der Waals surface area contributed by atoms with E-state index in [1.807, 2.05) is 24.3 Å². The number of para-hydroxylation sites is 1. The van der Waals surface area contributed by atoms with Crippen molar-refractivity contribution in [3.05, 3.63) is 85.1 Å². The normalized spacial score (nSPS) is 13.0. The Kier molecular flexibility index (Phi) is 7.90. The van der Waals surface area contributed by atoms with Gasteiger partial charge in [0.2, 0.25) is 0 Å². The first-order valence-electron chi connectivity index (χ1n) is 13.3. The minimum absolute atomic E-state index is 0.0534. The number of nitrogens with zero attached hydrogens (tertiary/aromatic N) is 5. The number of benzene rings is 5. The van der Waals surface area contributed by atoms with Gasteiger partial charge in [0.25, 0.3) is 30.4 Å². The average Bonchev–Trinajstić information content (AvgIpc) is 3.01. The lowest BCUT2D eigenvalue weighted by Gasteiger charge is -2.11. The van der Waals surface area contributed by atoms with E-state index in [0.717, 1.165) is 41.2 Å². The molecule has 6 N–H and O–H groups in total. The molecule has 48 heavy (non-hydrogen) atoms. The number of hydrogen-bond acceptors (Lipinski definition) is 13. The SMILES string of the molecule is Nc1cc2c(O)c(N=Nc3ccc(N=Nc4cnc5ccccc5c4)c4ccc(S(=O)(=O)O)cc34)c(S(=O)(=O)O)cc2cc1S(=O)(=O)O. The van der Waals surface area contributed by atoms with Gasteiger partial charge in [-0.1, -0.05) is 24.3 Å². The lowest BCUT2D eigenvalue weighted by molar-refractivity contribution is 0.472. The van der Waals surface area contributed by atoms with E-state index in [0.29, 0.717) is 5.69 Å². The number of azo groups is 2. The first-order valence-corrected chi connectivity index (χ1v) is 17.6. The Morgan fingerprint density at radius 3 is 1.94 bits per heavy atom. The first-order chi connectivity index (χ1) is 22.5. The van der Waals surface area contributed by atoms with Crippen molar-refractivity contribution < 1.29 is 44.0 Å². The Bertz CT molecular complexity index is 2740. The van der Waals surface area contributed by atoms with Crippen molar-refractivity contribution >= 4 is 91.2 Å². The highest BCUT2D eigenvalue weighted by Gasteiger charge is 2.25. The summed E-state index contributed by atoms with van der Waals surface area (Å²) in [6.45, 7) is 0. The number of hydrogen-bond donors (Lipinski definition) is 5. The van der Waals surface area contributed by atoms with E-state index in [9.17, 15) is 44.0 Å². The van der Waals surface area contributed by atoms with Crippen LogP contribution in [0, 0.1) is 0 Å². The zero-order chi connectivity index (χ0) is 34.6. The molecule has 19 heteroatoms. The van der Waals surface area contributed by atoms with Crippen molar-refractivity contribution in [3.63, 3.8) is 0 Å². The van der Waals surface area contributed by atoms with Crippen molar-refractivity contribution in [3.8, 4) is 5.75 Å². The molecule has 0 fully saturated rings. The molecule has 0 aliphatic heterocycles. The number of fused-ring (bicyclic) bond motifs is 3. The Morgan fingerprint density at radius 1 is 0.604 bits per heavy atom. The summed E-state index contributed by atoms with van der Waals surface area (Å²) in [6, 6.07) is 17.9. The number of phenols is 1. The van der Waals surface area contributed by atoms with Gasteiger partial charge in [0.1, 0.15) is 21.2 Å². The van der Waals surface area contributed by atoms with Crippen LogP contribution in [0.1, 0.15) is 0 Å². The summed E-state index contributed by atoms with van der Waals surface area (Å²) in [5, 5.41) is 28.0. The molecule has 0 amide bonds. The number of rotatable bonds is 7. The summed E-state index contributed by atoms with van der Waals surface area (Å²) in [5.74, 6) is -0.880. The predicted molar refractivity (Wildman–Crippen MR) is 174 cm³/mol. The van der Waals surface area contributed by atoms with Gasteiger partial charge in [-0.25, -0.2) is 0 Å². The topological polar surface area (TPSA) is 272 Å². The molecule has 1 aromatic heterocycles. The Labute approximate surface area is 271 Å². The molecular weight excluding hydrogens is 689 g/mol. The molecule has 0 unspecified atom stereocenters. The average molecular weight is 709 g/mol. The lowest BCUT2D eigenvalue weighted by Crippen LogP contribution is -2.04. The zero-order valence-corrected chi connectivity index (χ0v) is 26.3. The predicted octanol–water partition coefficient (Wildman–Crippen LogP) is 6.40. The van der Waals surface area contributed by atoms with Crippen LogP contribution in [-0.4, -0.2) is 49.0 Å². The molecular formula is C29H20N6O10S3. The van der Waals surface area contributed by atoms with Crippen molar-refractivity contribution in [2.75, 3.05) is 5.73 Å². The summed E-state index contributed by atoms with van der Waals surface area (Å²) in [5.41, 5.74) is 5.75. The third kappa shape index (κ3) is 6.28. The number of pyridine rings is 1. The lowest BCUT2D eigenvalue weighted by atomic mass is 10.1. The molecule has 0 aliphatic carbocycles. The molecule has 6 aromatic rings. The van der Waals surface area contributed by atoms with E-state index in [4.69, 9.17) is 5.73 Å². The molecule has 0 radical (unpaired) electrons. The highest BCUT2D eigenvalue weighted by molar-refractivity contribution is 7.86. The van der Waals surface area contributed by atoms with Gasteiger partial charge in [-0.15, -0.1) is 20.5 Å². The Hall–Kier alpha value is -5.44. The number of phenolic OH excluding ortho intramolecular Hbond substituents is 1. The number of aromatic hydroxyl groups is 1. The smallest absolute Gasteiger partial charge is 0.296 e. The van der Waals surface area contributed by atoms with Gasteiger partial charge in [-0.3, -0.25) is 18.6 Å². The molecule has 0 saturated carbocycles. The van der Waals surface area contributed by atoms with E-state index in [1.165, 1.54) is 24.4 Å². The highest BCUT2D eigenvalue weighted by atomic mass is 32.2. The van der Waals surface area contributed by atoms with E-state index in [1.54, 1.807) is 6.07 Å². The molecule has 0 spiro atoms. The maximum atomic E-state index is 12.3. The third-order valence-electron chi connectivity index (χ3n) is 7.08. The van der Waals surface area contributed by atoms with E-state index < -0.39 is 62.2 Å². The second-order valence-corrected chi connectivity index (χ2v) is 14.4. The summed E-state index contributed by atoms with van der Waals surface area (Å²) >= 11 is 0. The van der Waals surface area contributed by atoms with Crippen LogP contribution < -0.4 is 5.73 Å². The zero-order valence-electron chi connectivity index (χ0n) is 23.9. The monoisotopic (exact) mass is 708 g/mol. The fraction of sp³-hybridized carbons (Fsp3) is 0. The maximum Gasteiger partial charge on any atom is 0.296 e. The largest absolute Gasteiger partial charge is 0.505 e. The Balaban J connectivity index is 1.51. The minimum Gasteiger partial charge on any atom is -0.505 e. The van der Waals surface area contributed by atoms with Gasteiger partial charge >= 0.3 is 0 Å². The summed E-state index contributed by atoms with van der Waals surface area (Å²) < 4.78 is 101. The third-order valence-corrected chi connectivity index (χ3v) is 9.71. The molecule has 1 heterocycles. The minimum atomic E-state index is -5.13. The fourth-order valence-electron chi connectivity index (χ4n) is 4.87. The van der Waals surface area contributed by atoms with Crippen LogP contribution in [-0.2, 0) is 30.4 Å². The molecule has 16 nitrogen and oxygen atoms in total. The Morgan fingerprint density at radius 2 is 1.25 bits per heavy atom. The van der Waals surface area contributed by atoms with Gasteiger partial charge in [0.15, 0.2) is 5.75 Å². The van der Waals surface area contributed by atoms with Crippen molar-refractivity contribution in [1.29, 1.82) is 0 Å². The second kappa shape index (κ2) is 11.7. The van der Waals surface area contributed by atoms with Crippen LogP contribution >= 0.6 is 0 Å². The maximum absolute atomic E-state index is 12.3. The van der Waals surface area contributed by atoms with Gasteiger partial charge in [-0.2, -0.15) is 25.3 Å². The summed E-state index contributed by atoms with van der Waals surface area (Å²) in [7, 11) is -14.7. The molecule has 0 atom stereocenters. The van der Waals surface area contributed by atoms with Gasteiger partial charge in [0.05, 0.1) is 33.7 Å². The van der Waals surface area contributed by atoms with Crippen LogP contribution in [0.4, 0.5) is 28.4 Å². The van der Waals surface area contributed by atoms with E-state index in [-0.39, 0.29) is 32.9 Å². The quantitative estimate of drug-likeness (QED) is 0.0684. The molecule has 244 valence electrons. The molecule has 0 saturated heterocycles. The summed E-state index contributed by atoms with van der Waals surface area (Å²) in [6.07, 6.45) is 1.51. The number of aromatic nitrogens is 1. The van der Waals surface area contributed by atoms with Crippen molar-refractivity contribution in [1.82, 2.24) is 4.98 Å². The molecule has 5 aromatic carbocycles. The van der Waals surface area contributed by atoms with Gasteiger partial charge in [0, 0.05) is 21.5 Å². The number of nitrogen functional groups attached to an aromatic ring is 1. The second-order valence-electron chi connectivity index (χ2n) is 10.2. The van der Waals surface area contributed by atoms with Gasteiger partial charge in [-0.05, 0) is 60.0 Å². The van der Waals surface area contributed by atoms with Crippen molar-refractivity contribution in [2.24, 2.45) is 20.5 Å². The van der Waals surface area contributed by atoms with Gasteiger partial charge < -0.3 is 10.8 Å². The van der Waals surface area contributed by atoms with Crippen molar-refractivity contribution in [2.45, 2.75) is 14.7 Å². The molecule has 0 bridgehead atoms. The highest BCUT2D eigenvalue weighted by Crippen LogP contribution is 2.44. The van der Waals surface area contributed by atoms with Crippen LogP contribution in [0.2, 0.25) is 0 Å².